The SMILES string of the molecule is CCOC(C)OC(C#N)(c1ccccc1)C(O)C1CCCCC1. The van der Waals surface area contributed by atoms with E-state index in [1.807, 2.05) is 37.3 Å². The van der Waals surface area contributed by atoms with Gasteiger partial charge >= 0.3 is 0 Å². The maximum Gasteiger partial charge on any atom is 0.208 e. The Kier molecular flexibility index (Phi) is 6.59. The minimum atomic E-state index is -1.39. The monoisotopic (exact) mass is 317 g/mol. The summed E-state index contributed by atoms with van der Waals surface area (Å²) in [7, 11) is 0. The van der Waals surface area contributed by atoms with Gasteiger partial charge in [0.15, 0.2) is 6.29 Å². The van der Waals surface area contributed by atoms with Crippen LogP contribution < -0.4 is 0 Å². The van der Waals surface area contributed by atoms with E-state index in [2.05, 4.69) is 6.07 Å². The lowest BCUT2D eigenvalue weighted by Gasteiger charge is -2.39. The molecule has 0 radical (unpaired) electrons. The molecular weight excluding hydrogens is 290 g/mol. The van der Waals surface area contributed by atoms with Crippen molar-refractivity contribution in [2.45, 2.75) is 63.9 Å². The summed E-state index contributed by atoms with van der Waals surface area (Å²) in [5, 5.41) is 21.0. The lowest BCUT2D eigenvalue weighted by atomic mass is 9.76. The average Bonchev–Trinajstić information content (AvgIpc) is 2.61. The first-order valence-corrected chi connectivity index (χ1v) is 8.58. The Labute approximate surface area is 139 Å². The highest BCUT2D eigenvalue weighted by Crippen LogP contribution is 2.39. The van der Waals surface area contributed by atoms with Crippen LogP contribution in [0, 0.1) is 17.2 Å². The van der Waals surface area contributed by atoms with E-state index < -0.39 is 18.0 Å². The van der Waals surface area contributed by atoms with Gasteiger partial charge in [0.1, 0.15) is 12.2 Å². The van der Waals surface area contributed by atoms with E-state index in [1.165, 1.54) is 6.42 Å². The first-order valence-electron chi connectivity index (χ1n) is 8.58. The summed E-state index contributed by atoms with van der Waals surface area (Å²) in [6, 6.07) is 11.6. The van der Waals surface area contributed by atoms with Gasteiger partial charge in [-0.05, 0) is 32.6 Å². The molecule has 4 heteroatoms. The number of ether oxygens (including phenoxy) is 2. The fraction of sp³-hybridized carbons (Fsp3) is 0.632. The fourth-order valence-electron chi connectivity index (χ4n) is 3.46. The zero-order chi connectivity index (χ0) is 16.7. The van der Waals surface area contributed by atoms with Gasteiger partial charge in [-0.1, -0.05) is 49.6 Å². The molecule has 1 N–H and O–H groups in total. The molecule has 1 aliphatic carbocycles. The van der Waals surface area contributed by atoms with E-state index in [0.717, 1.165) is 25.7 Å². The molecule has 1 saturated carbocycles. The maximum atomic E-state index is 11.1. The highest BCUT2D eigenvalue weighted by molar-refractivity contribution is 5.31. The van der Waals surface area contributed by atoms with E-state index in [9.17, 15) is 10.4 Å². The smallest absolute Gasteiger partial charge is 0.208 e. The molecule has 0 spiro atoms. The maximum absolute atomic E-state index is 11.1. The average molecular weight is 317 g/mol. The third-order valence-electron chi connectivity index (χ3n) is 4.63. The van der Waals surface area contributed by atoms with Crippen LogP contribution in [0.1, 0.15) is 51.5 Å². The van der Waals surface area contributed by atoms with Crippen molar-refractivity contribution < 1.29 is 14.6 Å². The summed E-state index contributed by atoms with van der Waals surface area (Å²) in [6.45, 7) is 4.15. The number of nitriles is 1. The third-order valence-corrected chi connectivity index (χ3v) is 4.63. The number of rotatable bonds is 7. The van der Waals surface area contributed by atoms with Crippen molar-refractivity contribution in [1.82, 2.24) is 0 Å². The number of aliphatic hydroxyl groups excluding tert-OH is 1. The van der Waals surface area contributed by atoms with Crippen LogP contribution in [0.5, 0.6) is 0 Å². The van der Waals surface area contributed by atoms with E-state index in [4.69, 9.17) is 9.47 Å². The molecule has 0 saturated heterocycles. The molecule has 3 unspecified atom stereocenters. The lowest BCUT2D eigenvalue weighted by Crippen LogP contribution is -2.48. The molecule has 1 aliphatic rings. The zero-order valence-corrected chi connectivity index (χ0v) is 14.1. The Morgan fingerprint density at radius 2 is 1.91 bits per heavy atom. The molecule has 0 aromatic heterocycles. The minimum Gasteiger partial charge on any atom is -0.388 e. The van der Waals surface area contributed by atoms with Gasteiger partial charge in [0, 0.05) is 12.2 Å². The molecule has 1 aromatic rings. The van der Waals surface area contributed by atoms with E-state index in [0.29, 0.717) is 12.2 Å². The highest BCUT2D eigenvalue weighted by atomic mass is 16.7. The van der Waals surface area contributed by atoms with Gasteiger partial charge in [-0.25, -0.2) is 0 Å². The summed E-state index contributed by atoms with van der Waals surface area (Å²) in [4.78, 5) is 0. The van der Waals surface area contributed by atoms with Crippen LogP contribution in [0.3, 0.4) is 0 Å². The van der Waals surface area contributed by atoms with E-state index in [1.54, 1.807) is 6.92 Å². The topological polar surface area (TPSA) is 62.5 Å². The number of aliphatic hydroxyl groups is 1. The Hall–Kier alpha value is -1.41. The Morgan fingerprint density at radius 3 is 2.48 bits per heavy atom. The van der Waals surface area contributed by atoms with Crippen molar-refractivity contribution in [1.29, 1.82) is 5.26 Å². The molecule has 126 valence electrons. The van der Waals surface area contributed by atoms with Crippen LogP contribution in [0.4, 0.5) is 0 Å². The number of hydrogen-bond acceptors (Lipinski definition) is 4. The number of nitrogens with zero attached hydrogens (tertiary/aromatic N) is 1. The largest absolute Gasteiger partial charge is 0.388 e. The molecule has 0 amide bonds. The molecule has 3 atom stereocenters. The lowest BCUT2D eigenvalue weighted by molar-refractivity contribution is -0.223. The summed E-state index contributed by atoms with van der Waals surface area (Å²) in [6.07, 6.45) is 3.84. The predicted molar refractivity (Wildman–Crippen MR) is 88.5 cm³/mol. The van der Waals surface area contributed by atoms with Crippen LogP contribution in [0.15, 0.2) is 30.3 Å². The summed E-state index contributed by atoms with van der Waals surface area (Å²) in [5.74, 6) is 0.0810. The fourth-order valence-corrected chi connectivity index (χ4v) is 3.46. The Balaban J connectivity index is 2.34. The standard InChI is InChI=1S/C19H27NO3/c1-3-22-15(2)23-19(14-20,17-12-8-5-9-13-17)18(21)16-10-6-4-7-11-16/h5,8-9,12-13,15-16,18,21H,3-4,6-7,10-11H2,1-2H3. The van der Waals surface area contributed by atoms with Crippen molar-refractivity contribution >= 4 is 0 Å². The van der Waals surface area contributed by atoms with E-state index in [-0.39, 0.29) is 5.92 Å². The van der Waals surface area contributed by atoms with Gasteiger partial charge in [-0.15, -0.1) is 0 Å². The number of benzene rings is 1. The summed E-state index contributed by atoms with van der Waals surface area (Å²) >= 11 is 0. The highest BCUT2D eigenvalue weighted by Gasteiger charge is 2.46. The van der Waals surface area contributed by atoms with Crippen LogP contribution in [-0.2, 0) is 15.1 Å². The summed E-state index contributed by atoms with van der Waals surface area (Å²) < 4.78 is 11.5. The van der Waals surface area contributed by atoms with Crippen LogP contribution >= 0.6 is 0 Å². The van der Waals surface area contributed by atoms with Crippen molar-refractivity contribution in [2.24, 2.45) is 5.92 Å². The zero-order valence-electron chi connectivity index (χ0n) is 14.1. The van der Waals surface area contributed by atoms with Crippen LogP contribution in [-0.4, -0.2) is 24.1 Å². The molecule has 0 bridgehead atoms. The Bertz CT molecular complexity index is 507. The van der Waals surface area contributed by atoms with Crippen molar-refractivity contribution in [3.63, 3.8) is 0 Å². The van der Waals surface area contributed by atoms with Gasteiger partial charge < -0.3 is 14.6 Å². The molecule has 0 heterocycles. The first-order chi connectivity index (χ1) is 11.1. The Morgan fingerprint density at radius 1 is 1.26 bits per heavy atom. The normalized spacial score (nSPS) is 21.1. The molecule has 2 rings (SSSR count). The molecule has 0 aliphatic heterocycles. The van der Waals surface area contributed by atoms with Crippen molar-refractivity contribution in [3.05, 3.63) is 35.9 Å². The van der Waals surface area contributed by atoms with Gasteiger partial charge in [0.2, 0.25) is 5.60 Å². The molecular formula is C19H27NO3. The van der Waals surface area contributed by atoms with Crippen molar-refractivity contribution in [2.75, 3.05) is 6.61 Å². The third kappa shape index (κ3) is 4.11. The van der Waals surface area contributed by atoms with Crippen LogP contribution in [0.25, 0.3) is 0 Å². The summed E-state index contributed by atoms with van der Waals surface area (Å²) in [5.41, 5.74) is -0.704. The second kappa shape index (κ2) is 8.44. The van der Waals surface area contributed by atoms with Gasteiger partial charge in [0.25, 0.3) is 0 Å². The first kappa shape index (κ1) is 17.9. The van der Waals surface area contributed by atoms with Gasteiger partial charge in [-0.3, -0.25) is 0 Å². The van der Waals surface area contributed by atoms with Crippen molar-refractivity contribution in [3.8, 4) is 6.07 Å². The second-order valence-corrected chi connectivity index (χ2v) is 6.20. The minimum absolute atomic E-state index is 0.0810. The molecule has 1 aromatic carbocycles. The number of hydrogen-bond donors (Lipinski definition) is 1. The molecule has 23 heavy (non-hydrogen) atoms. The van der Waals surface area contributed by atoms with Crippen LogP contribution in [0.2, 0.25) is 0 Å². The van der Waals surface area contributed by atoms with Gasteiger partial charge in [-0.2, -0.15) is 5.26 Å². The molecule has 4 nitrogen and oxygen atoms in total. The van der Waals surface area contributed by atoms with E-state index >= 15 is 0 Å². The second-order valence-electron chi connectivity index (χ2n) is 6.20. The predicted octanol–water partition coefficient (Wildman–Crippen LogP) is 3.75. The molecule has 1 fully saturated rings. The van der Waals surface area contributed by atoms with Gasteiger partial charge in [0.05, 0.1) is 0 Å². The quantitative estimate of drug-likeness (QED) is 0.778.